The fraction of sp³-hybridized carbons (Fsp3) is 0.600. The van der Waals surface area contributed by atoms with Crippen LogP contribution >= 0.6 is 22.9 Å². The lowest BCUT2D eigenvalue weighted by molar-refractivity contribution is 0.0119. The molecule has 15 heavy (non-hydrogen) atoms. The van der Waals surface area contributed by atoms with Crippen LogP contribution in [0.25, 0.3) is 0 Å². The van der Waals surface area contributed by atoms with Crippen molar-refractivity contribution in [2.24, 2.45) is 5.73 Å². The van der Waals surface area contributed by atoms with E-state index < -0.39 is 0 Å². The Labute approximate surface area is 99.1 Å². The monoisotopic (exact) mass is 249 g/mol. The van der Waals surface area contributed by atoms with Gasteiger partial charge in [-0.1, -0.05) is 11.6 Å². The Bertz CT molecular complexity index is 280. The Morgan fingerprint density at radius 3 is 2.80 bits per heavy atom. The summed E-state index contributed by atoms with van der Waals surface area (Å²) in [6.07, 6.45) is -0.0667. The molecule has 0 spiro atoms. The highest BCUT2D eigenvalue weighted by atomic mass is 35.5. The molecule has 0 saturated heterocycles. The lowest BCUT2D eigenvalue weighted by Gasteiger charge is -2.14. The lowest BCUT2D eigenvalue weighted by Crippen LogP contribution is -2.17. The summed E-state index contributed by atoms with van der Waals surface area (Å²) in [7, 11) is 0. The summed E-state index contributed by atoms with van der Waals surface area (Å²) in [6, 6.07) is 3.81. The van der Waals surface area contributed by atoms with Crippen LogP contribution < -0.4 is 5.73 Å². The number of halogens is 1. The third-order valence-electron chi connectivity index (χ3n) is 1.88. The van der Waals surface area contributed by atoms with E-state index in [1.54, 1.807) is 0 Å². The van der Waals surface area contributed by atoms with E-state index in [0.29, 0.717) is 26.4 Å². The van der Waals surface area contributed by atoms with Crippen LogP contribution in [-0.2, 0) is 9.47 Å². The summed E-state index contributed by atoms with van der Waals surface area (Å²) in [4.78, 5) is 1.07. The van der Waals surface area contributed by atoms with Gasteiger partial charge in [-0.15, -0.1) is 11.3 Å². The van der Waals surface area contributed by atoms with Crippen LogP contribution in [0.1, 0.15) is 17.9 Å². The van der Waals surface area contributed by atoms with Crippen molar-refractivity contribution in [3.63, 3.8) is 0 Å². The normalized spacial score (nSPS) is 13.0. The summed E-state index contributed by atoms with van der Waals surface area (Å²) in [5, 5.41) is 0. The summed E-state index contributed by atoms with van der Waals surface area (Å²) in [5.41, 5.74) is 5.63. The first-order chi connectivity index (χ1) is 7.27. The van der Waals surface area contributed by atoms with E-state index in [1.807, 2.05) is 19.1 Å². The van der Waals surface area contributed by atoms with Gasteiger partial charge in [0.15, 0.2) is 0 Å². The van der Waals surface area contributed by atoms with Gasteiger partial charge in [-0.05, 0) is 19.1 Å². The van der Waals surface area contributed by atoms with Gasteiger partial charge >= 0.3 is 0 Å². The fourth-order valence-corrected chi connectivity index (χ4v) is 2.28. The van der Waals surface area contributed by atoms with E-state index in [0.717, 1.165) is 9.21 Å². The third-order valence-corrected chi connectivity index (χ3v) is 3.20. The smallest absolute Gasteiger partial charge is 0.104 e. The zero-order chi connectivity index (χ0) is 11.1. The van der Waals surface area contributed by atoms with Crippen LogP contribution in [-0.4, -0.2) is 26.4 Å². The molecule has 1 unspecified atom stereocenters. The highest BCUT2D eigenvalue weighted by Crippen LogP contribution is 2.28. The van der Waals surface area contributed by atoms with E-state index >= 15 is 0 Å². The molecule has 1 rings (SSSR count). The molecule has 1 heterocycles. The van der Waals surface area contributed by atoms with Crippen LogP contribution in [0, 0.1) is 0 Å². The topological polar surface area (TPSA) is 44.5 Å². The second kappa shape index (κ2) is 7.19. The summed E-state index contributed by atoms with van der Waals surface area (Å²) >= 11 is 7.35. The predicted octanol–water partition coefficient (Wildman–Crippen LogP) is 2.45. The molecule has 5 heteroatoms. The van der Waals surface area contributed by atoms with Crippen molar-refractivity contribution >= 4 is 22.9 Å². The zero-order valence-corrected chi connectivity index (χ0v) is 10.3. The molecule has 3 nitrogen and oxygen atoms in total. The second-order valence-corrected chi connectivity index (χ2v) is 4.68. The molecule has 86 valence electrons. The fourth-order valence-electron chi connectivity index (χ4n) is 1.16. The van der Waals surface area contributed by atoms with Gasteiger partial charge in [-0.2, -0.15) is 0 Å². The Kier molecular flexibility index (Phi) is 6.20. The molecule has 1 atom stereocenters. The Morgan fingerprint density at radius 2 is 2.27 bits per heavy atom. The van der Waals surface area contributed by atoms with E-state index in [9.17, 15) is 0 Å². The first-order valence-corrected chi connectivity index (χ1v) is 6.12. The van der Waals surface area contributed by atoms with Crippen molar-refractivity contribution in [1.82, 2.24) is 0 Å². The minimum atomic E-state index is -0.0667. The van der Waals surface area contributed by atoms with Crippen LogP contribution in [0.4, 0.5) is 0 Å². The Hall–Kier alpha value is -0.130. The molecular weight excluding hydrogens is 234 g/mol. The maximum absolute atomic E-state index is 5.84. The van der Waals surface area contributed by atoms with Crippen molar-refractivity contribution in [3.8, 4) is 0 Å². The average Bonchev–Trinajstić information content (AvgIpc) is 2.65. The number of rotatable bonds is 7. The van der Waals surface area contributed by atoms with E-state index in [2.05, 4.69) is 0 Å². The molecule has 2 N–H and O–H groups in total. The number of hydrogen-bond donors (Lipinski definition) is 1. The molecule has 1 aromatic rings. The van der Waals surface area contributed by atoms with Gasteiger partial charge in [0.25, 0.3) is 0 Å². The van der Waals surface area contributed by atoms with Crippen molar-refractivity contribution in [2.75, 3.05) is 26.4 Å². The number of hydrogen-bond acceptors (Lipinski definition) is 4. The maximum Gasteiger partial charge on any atom is 0.104 e. The predicted molar refractivity (Wildman–Crippen MR) is 63.6 cm³/mol. The first-order valence-electron chi connectivity index (χ1n) is 4.92. The van der Waals surface area contributed by atoms with Crippen molar-refractivity contribution in [1.29, 1.82) is 0 Å². The van der Waals surface area contributed by atoms with E-state index in [4.69, 9.17) is 26.8 Å². The highest BCUT2D eigenvalue weighted by molar-refractivity contribution is 7.16. The minimum absolute atomic E-state index is 0.0667. The molecule has 0 bridgehead atoms. The van der Waals surface area contributed by atoms with Gasteiger partial charge in [0.1, 0.15) is 6.10 Å². The third kappa shape index (κ3) is 4.49. The Morgan fingerprint density at radius 1 is 1.47 bits per heavy atom. The van der Waals surface area contributed by atoms with Gasteiger partial charge in [-0.25, -0.2) is 0 Å². The van der Waals surface area contributed by atoms with Gasteiger partial charge in [0.2, 0.25) is 0 Å². The van der Waals surface area contributed by atoms with Gasteiger partial charge in [0, 0.05) is 18.0 Å². The second-order valence-electron chi connectivity index (χ2n) is 2.93. The molecule has 0 amide bonds. The molecule has 0 fully saturated rings. The molecule has 0 radical (unpaired) electrons. The summed E-state index contributed by atoms with van der Waals surface area (Å²) in [5.74, 6) is 0. The lowest BCUT2D eigenvalue weighted by atomic mass is 10.3. The maximum atomic E-state index is 5.84. The standard InChI is InChI=1S/C10H16ClNO2S/c1-2-13-5-6-14-8(7-12)9-3-4-10(11)15-9/h3-4,8H,2,5-7,12H2,1H3. The van der Waals surface area contributed by atoms with Crippen LogP contribution in [0.3, 0.4) is 0 Å². The molecule has 0 aromatic carbocycles. The first kappa shape index (κ1) is 12.9. The summed E-state index contributed by atoms with van der Waals surface area (Å²) in [6.45, 7) is 4.29. The zero-order valence-electron chi connectivity index (χ0n) is 8.74. The van der Waals surface area contributed by atoms with Crippen molar-refractivity contribution in [3.05, 3.63) is 21.3 Å². The highest BCUT2D eigenvalue weighted by Gasteiger charge is 2.12. The van der Waals surface area contributed by atoms with Gasteiger partial charge < -0.3 is 15.2 Å². The van der Waals surface area contributed by atoms with E-state index in [-0.39, 0.29) is 6.10 Å². The molecule has 0 aliphatic heterocycles. The van der Waals surface area contributed by atoms with Crippen LogP contribution in [0.2, 0.25) is 4.34 Å². The minimum Gasteiger partial charge on any atom is -0.379 e. The molecule has 0 aliphatic rings. The number of nitrogens with two attached hydrogens (primary N) is 1. The SMILES string of the molecule is CCOCCOC(CN)c1ccc(Cl)s1. The molecular formula is C10H16ClNO2S. The molecule has 0 saturated carbocycles. The molecule has 1 aromatic heterocycles. The summed E-state index contributed by atoms with van der Waals surface area (Å²) < 4.78 is 11.5. The van der Waals surface area contributed by atoms with E-state index in [1.165, 1.54) is 11.3 Å². The van der Waals surface area contributed by atoms with Crippen LogP contribution in [0.5, 0.6) is 0 Å². The average molecular weight is 250 g/mol. The van der Waals surface area contributed by atoms with Gasteiger partial charge in [-0.3, -0.25) is 0 Å². The van der Waals surface area contributed by atoms with Crippen molar-refractivity contribution < 1.29 is 9.47 Å². The quantitative estimate of drug-likeness (QED) is 0.755. The largest absolute Gasteiger partial charge is 0.379 e. The Balaban J connectivity index is 2.35. The number of thiophene rings is 1. The van der Waals surface area contributed by atoms with Crippen LogP contribution in [0.15, 0.2) is 12.1 Å². The van der Waals surface area contributed by atoms with Gasteiger partial charge in [0.05, 0.1) is 17.6 Å². The van der Waals surface area contributed by atoms with Crippen molar-refractivity contribution in [2.45, 2.75) is 13.0 Å². The molecule has 0 aliphatic carbocycles. The number of ether oxygens (including phenoxy) is 2.